The molecule has 0 bridgehead atoms. The second kappa shape index (κ2) is 6.73. The van der Waals surface area contributed by atoms with Gasteiger partial charge in [0.05, 0.1) is 11.5 Å². The summed E-state index contributed by atoms with van der Waals surface area (Å²) in [6, 6.07) is 8.95. The smallest absolute Gasteiger partial charge is 0.304 e. The van der Waals surface area contributed by atoms with Crippen molar-refractivity contribution < 1.29 is 9.72 Å². The number of nitrogens with zero attached hydrogens (tertiary/aromatic N) is 5. The van der Waals surface area contributed by atoms with E-state index < -0.39 is 10.8 Å². The van der Waals surface area contributed by atoms with Crippen LogP contribution in [0.5, 0.6) is 0 Å². The highest BCUT2D eigenvalue weighted by molar-refractivity contribution is 6.30. The summed E-state index contributed by atoms with van der Waals surface area (Å²) in [7, 11) is 1.46. The summed E-state index contributed by atoms with van der Waals surface area (Å²) in [4.78, 5) is 22.6. The normalized spacial score (nSPS) is 10.6. The number of carbonyl (C=O) groups excluding carboxylic acids is 1. The molecule has 0 spiro atoms. The van der Waals surface area contributed by atoms with Crippen molar-refractivity contribution in [3.05, 3.63) is 69.1 Å². The lowest BCUT2D eigenvalue weighted by Crippen LogP contribution is -2.18. The Kier molecular flexibility index (Phi) is 4.48. The Balaban J connectivity index is 1.74. The summed E-state index contributed by atoms with van der Waals surface area (Å²) < 4.78 is 2.77. The van der Waals surface area contributed by atoms with Crippen LogP contribution in [0.2, 0.25) is 5.02 Å². The van der Waals surface area contributed by atoms with E-state index in [-0.39, 0.29) is 17.2 Å². The molecule has 25 heavy (non-hydrogen) atoms. The molecule has 128 valence electrons. The molecule has 1 aromatic carbocycles. The fourth-order valence-electron chi connectivity index (χ4n) is 2.34. The lowest BCUT2D eigenvalue weighted by Gasteiger charge is -2.04. The summed E-state index contributed by atoms with van der Waals surface area (Å²) in [5, 5.41) is 22.1. The van der Waals surface area contributed by atoms with Crippen molar-refractivity contribution in [1.29, 1.82) is 0 Å². The van der Waals surface area contributed by atoms with Gasteiger partial charge in [0.2, 0.25) is 5.69 Å². The van der Waals surface area contributed by atoms with Crippen LogP contribution in [0, 0.1) is 10.1 Å². The van der Waals surface area contributed by atoms with E-state index in [4.69, 9.17) is 11.6 Å². The van der Waals surface area contributed by atoms with Gasteiger partial charge in [0, 0.05) is 24.3 Å². The van der Waals surface area contributed by atoms with Crippen LogP contribution in [0.15, 0.2) is 42.7 Å². The average Bonchev–Trinajstić information content (AvgIpc) is 3.14. The van der Waals surface area contributed by atoms with Crippen molar-refractivity contribution in [3.8, 4) is 0 Å². The number of nitro groups is 1. The summed E-state index contributed by atoms with van der Waals surface area (Å²) >= 11 is 5.95. The molecule has 0 aliphatic carbocycles. The van der Waals surface area contributed by atoms with Crippen LogP contribution in [-0.4, -0.2) is 30.4 Å². The molecule has 0 unspecified atom stereocenters. The topological polar surface area (TPSA) is 108 Å². The van der Waals surface area contributed by atoms with Gasteiger partial charge in [0.1, 0.15) is 6.20 Å². The minimum Gasteiger partial charge on any atom is -0.304 e. The molecule has 0 fully saturated rings. The maximum absolute atomic E-state index is 12.3. The van der Waals surface area contributed by atoms with Gasteiger partial charge in [-0.1, -0.05) is 23.7 Å². The first-order valence-electron chi connectivity index (χ1n) is 7.19. The standard InChI is InChI=1S/C15H13ClN6O3/c1-20-14(12(8-17-20)22(24)25)15(23)18-13-5-6-21(19-13)9-10-3-2-4-11(16)7-10/h2-8H,9H2,1H3,(H,18,19,23). The Labute approximate surface area is 147 Å². The van der Waals surface area contributed by atoms with Crippen molar-refractivity contribution in [2.45, 2.75) is 6.54 Å². The maximum Gasteiger partial charge on any atom is 0.320 e. The van der Waals surface area contributed by atoms with E-state index in [9.17, 15) is 14.9 Å². The molecule has 0 saturated carbocycles. The van der Waals surface area contributed by atoms with Crippen molar-refractivity contribution >= 4 is 29.0 Å². The molecule has 10 heteroatoms. The van der Waals surface area contributed by atoms with Crippen LogP contribution in [0.4, 0.5) is 11.5 Å². The second-order valence-corrected chi connectivity index (χ2v) is 5.68. The molecule has 9 nitrogen and oxygen atoms in total. The monoisotopic (exact) mass is 360 g/mol. The SMILES string of the molecule is Cn1ncc([N+](=O)[O-])c1C(=O)Nc1ccn(Cc2cccc(Cl)c2)n1. The second-order valence-electron chi connectivity index (χ2n) is 5.24. The van der Waals surface area contributed by atoms with Gasteiger partial charge in [-0.25, -0.2) is 0 Å². The number of benzene rings is 1. The van der Waals surface area contributed by atoms with E-state index in [0.717, 1.165) is 16.4 Å². The number of carbonyl (C=O) groups is 1. The van der Waals surface area contributed by atoms with Crippen molar-refractivity contribution in [2.24, 2.45) is 7.05 Å². The van der Waals surface area contributed by atoms with Crippen molar-refractivity contribution in [1.82, 2.24) is 19.6 Å². The van der Waals surface area contributed by atoms with Crippen LogP contribution in [-0.2, 0) is 13.6 Å². The molecular weight excluding hydrogens is 348 g/mol. The van der Waals surface area contributed by atoms with Gasteiger partial charge in [-0.15, -0.1) is 0 Å². The molecule has 0 radical (unpaired) electrons. The number of aryl methyl sites for hydroxylation is 1. The Hall–Kier alpha value is -3.20. The van der Waals surface area contributed by atoms with Gasteiger partial charge in [0.15, 0.2) is 5.82 Å². The van der Waals surface area contributed by atoms with E-state index >= 15 is 0 Å². The van der Waals surface area contributed by atoms with E-state index in [1.807, 2.05) is 18.2 Å². The summed E-state index contributed by atoms with van der Waals surface area (Å²) in [6.07, 6.45) is 2.72. The molecule has 0 aliphatic heterocycles. The number of aromatic nitrogens is 4. The molecule has 2 heterocycles. The predicted molar refractivity (Wildman–Crippen MR) is 90.6 cm³/mol. The summed E-state index contributed by atoms with van der Waals surface area (Å²) in [5.74, 6) is -0.373. The molecule has 3 rings (SSSR count). The molecule has 2 aromatic heterocycles. The third kappa shape index (κ3) is 3.66. The zero-order valence-corrected chi connectivity index (χ0v) is 13.8. The third-order valence-corrected chi connectivity index (χ3v) is 3.68. The zero-order valence-electron chi connectivity index (χ0n) is 13.1. The van der Waals surface area contributed by atoms with Gasteiger partial charge < -0.3 is 5.32 Å². The molecular formula is C15H13ClN6O3. The molecule has 1 N–H and O–H groups in total. The average molecular weight is 361 g/mol. The highest BCUT2D eigenvalue weighted by atomic mass is 35.5. The molecule has 0 atom stereocenters. The highest BCUT2D eigenvalue weighted by Crippen LogP contribution is 2.18. The van der Waals surface area contributed by atoms with Crippen LogP contribution in [0.25, 0.3) is 0 Å². The predicted octanol–water partition coefficient (Wildman–Crippen LogP) is 2.48. The number of amides is 1. The minimum atomic E-state index is -0.653. The van der Waals surface area contributed by atoms with Crippen LogP contribution >= 0.6 is 11.6 Å². The Morgan fingerprint density at radius 1 is 1.40 bits per heavy atom. The van der Waals surface area contributed by atoms with Crippen LogP contribution in [0.1, 0.15) is 16.1 Å². The summed E-state index contributed by atoms with van der Waals surface area (Å²) in [5.41, 5.74) is 0.448. The zero-order chi connectivity index (χ0) is 18.0. The van der Waals surface area contributed by atoms with E-state index in [0.29, 0.717) is 11.6 Å². The van der Waals surface area contributed by atoms with E-state index in [1.165, 1.54) is 7.05 Å². The van der Waals surface area contributed by atoms with Gasteiger partial charge in [-0.3, -0.25) is 24.3 Å². The number of nitrogens with one attached hydrogen (secondary N) is 1. The number of halogens is 1. The maximum atomic E-state index is 12.3. The minimum absolute atomic E-state index is 0.144. The Morgan fingerprint density at radius 2 is 2.20 bits per heavy atom. The Bertz CT molecular complexity index is 948. The molecule has 0 saturated heterocycles. The van der Waals surface area contributed by atoms with Gasteiger partial charge in [0.25, 0.3) is 5.91 Å². The van der Waals surface area contributed by atoms with Gasteiger partial charge in [-0.05, 0) is 17.7 Å². The fraction of sp³-hybridized carbons (Fsp3) is 0.133. The lowest BCUT2D eigenvalue weighted by molar-refractivity contribution is -0.385. The number of hydrogen-bond acceptors (Lipinski definition) is 5. The van der Waals surface area contributed by atoms with Crippen molar-refractivity contribution in [2.75, 3.05) is 5.32 Å². The van der Waals surface area contributed by atoms with E-state index in [2.05, 4.69) is 15.5 Å². The first kappa shape index (κ1) is 16.7. The number of hydrogen-bond donors (Lipinski definition) is 1. The van der Waals surface area contributed by atoms with Crippen LogP contribution < -0.4 is 5.32 Å². The number of rotatable bonds is 5. The fourth-order valence-corrected chi connectivity index (χ4v) is 2.55. The molecule has 3 aromatic rings. The third-order valence-electron chi connectivity index (χ3n) is 3.45. The largest absolute Gasteiger partial charge is 0.320 e. The summed E-state index contributed by atoms with van der Waals surface area (Å²) in [6.45, 7) is 0.474. The quantitative estimate of drug-likeness (QED) is 0.555. The van der Waals surface area contributed by atoms with E-state index in [1.54, 1.807) is 23.0 Å². The van der Waals surface area contributed by atoms with Crippen molar-refractivity contribution in [3.63, 3.8) is 0 Å². The first-order chi connectivity index (χ1) is 11.9. The van der Waals surface area contributed by atoms with Crippen LogP contribution in [0.3, 0.4) is 0 Å². The van der Waals surface area contributed by atoms with Gasteiger partial charge >= 0.3 is 5.69 Å². The first-order valence-corrected chi connectivity index (χ1v) is 7.57. The highest BCUT2D eigenvalue weighted by Gasteiger charge is 2.25. The van der Waals surface area contributed by atoms with Gasteiger partial charge in [-0.2, -0.15) is 10.2 Å². The molecule has 1 amide bonds. The Morgan fingerprint density at radius 3 is 2.92 bits per heavy atom. The number of anilines is 1. The molecule has 0 aliphatic rings. The lowest BCUT2D eigenvalue weighted by atomic mass is 10.2.